The molecule has 0 amide bonds. The molecule has 0 fully saturated rings. The van der Waals surface area contributed by atoms with Crippen molar-refractivity contribution in [2.45, 2.75) is 490 Å². The maximum atomic E-state index is 13.2. The number of carbonyl (C=O) groups excluding carboxylic acids is 4. The summed E-state index contributed by atoms with van der Waals surface area (Å²) in [5.41, 5.74) is 0. The van der Waals surface area contributed by atoms with Crippen LogP contribution in [0.15, 0.2) is 0 Å². The summed E-state index contributed by atoms with van der Waals surface area (Å²) in [6.45, 7) is 7.41. The molecule has 0 heterocycles. The maximum absolute atomic E-state index is 13.2. The molecule has 0 aromatic rings. The van der Waals surface area contributed by atoms with Gasteiger partial charge in [0.25, 0.3) is 0 Å². The van der Waals surface area contributed by atoms with Crippen LogP contribution in [0.25, 0.3) is 0 Å². The first-order valence-electron chi connectivity index (χ1n) is 45.1. The predicted octanol–water partition coefficient (Wildman–Crippen LogP) is 26.8. The zero-order valence-corrected chi connectivity index (χ0v) is 71.4. The molecule has 0 spiro atoms. The quantitative estimate of drug-likeness (QED) is 0.0222. The van der Waals surface area contributed by atoms with Crippen molar-refractivity contribution in [3.8, 4) is 0 Å². The van der Waals surface area contributed by atoms with E-state index in [1.165, 1.54) is 295 Å². The minimum atomic E-state index is -4.97. The van der Waals surface area contributed by atoms with Gasteiger partial charge in [-0.05, 0) is 31.6 Å². The van der Waals surface area contributed by atoms with E-state index < -0.39 is 97.5 Å². The molecule has 17 nitrogen and oxygen atoms in total. The van der Waals surface area contributed by atoms with Gasteiger partial charge < -0.3 is 33.8 Å². The molecular weight excluding hydrogens is 1380 g/mol. The molecule has 106 heavy (non-hydrogen) atoms. The number of phosphoric ester groups is 2. The zero-order chi connectivity index (χ0) is 77.6. The summed E-state index contributed by atoms with van der Waals surface area (Å²) in [7, 11) is -9.93. The maximum Gasteiger partial charge on any atom is 0.472 e. The van der Waals surface area contributed by atoms with Gasteiger partial charge in [-0.2, -0.15) is 0 Å². The molecule has 0 aliphatic heterocycles. The lowest BCUT2D eigenvalue weighted by Gasteiger charge is -2.21. The zero-order valence-electron chi connectivity index (χ0n) is 69.6. The van der Waals surface area contributed by atoms with Crippen LogP contribution in [0.5, 0.6) is 0 Å². The number of ether oxygens (including phenoxy) is 4. The van der Waals surface area contributed by atoms with Gasteiger partial charge in [-0.15, -0.1) is 0 Å². The molecule has 3 N–H and O–H groups in total. The fourth-order valence-corrected chi connectivity index (χ4v) is 15.2. The molecule has 19 heteroatoms. The largest absolute Gasteiger partial charge is 0.472 e. The number of aliphatic hydroxyl groups is 1. The molecule has 0 rings (SSSR count). The lowest BCUT2D eigenvalue weighted by Crippen LogP contribution is -2.30. The Morgan fingerprint density at radius 2 is 0.434 bits per heavy atom. The van der Waals surface area contributed by atoms with Crippen LogP contribution in [-0.2, 0) is 65.4 Å². The Morgan fingerprint density at radius 1 is 0.255 bits per heavy atom. The van der Waals surface area contributed by atoms with Gasteiger partial charge in [0.2, 0.25) is 0 Å². The summed E-state index contributed by atoms with van der Waals surface area (Å²) in [4.78, 5) is 73.3. The lowest BCUT2D eigenvalue weighted by molar-refractivity contribution is -0.161. The van der Waals surface area contributed by atoms with E-state index in [9.17, 15) is 43.2 Å². The van der Waals surface area contributed by atoms with Crippen LogP contribution in [0.3, 0.4) is 0 Å². The molecule has 0 aliphatic rings. The van der Waals surface area contributed by atoms with E-state index in [0.29, 0.717) is 25.7 Å². The highest BCUT2D eigenvalue weighted by molar-refractivity contribution is 7.47. The van der Waals surface area contributed by atoms with Gasteiger partial charge in [0.05, 0.1) is 26.4 Å². The Hall–Kier alpha value is -1.94. The molecule has 0 radical (unpaired) electrons. The third-order valence-electron chi connectivity index (χ3n) is 20.5. The van der Waals surface area contributed by atoms with Gasteiger partial charge in [-0.3, -0.25) is 37.3 Å². The lowest BCUT2D eigenvalue weighted by atomic mass is 10.0. The molecule has 0 aromatic heterocycles. The highest BCUT2D eigenvalue weighted by atomic mass is 31.2. The number of aliphatic hydroxyl groups excluding tert-OH is 1. The molecule has 630 valence electrons. The number of rotatable bonds is 87. The number of carbonyl (C=O) groups is 4. The minimum Gasteiger partial charge on any atom is -0.462 e. The summed E-state index contributed by atoms with van der Waals surface area (Å²) in [6.07, 6.45) is 73.5. The van der Waals surface area contributed by atoms with Gasteiger partial charge >= 0.3 is 39.5 Å². The van der Waals surface area contributed by atoms with Crippen LogP contribution < -0.4 is 0 Å². The van der Waals surface area contributed by atoms with Crippen molar-refractivity contribution in [3.63, 3.8) is 0 Å². The van der Waals surface area contributed by atoms with Gasteiger partial charge in [0, 0.05) is 25.7 Å². The van der Waals surface area contributed by atoms with Crippen molar-refractivity contribution in [2.75, 3.05) is 39.6 Å². The summed E-state index contributed by atoms with van der Waals surface area (Å²) < 4.78 is 68.9. The Bertz CT molecular complexity index is 2010. The fourth-order valence-electron chi connectivity index (χ4n) is 13.6. The molecule has 0 bridgehead atoms. The van der Waals surface area contributed by atoms with Crippen molar-refractivity contribution in [1.29, 1.82) is 0 Å². The first-order chi connectivity index (χ1) is 51.5. The van der Waals surface area contributed by atoms with E-state index in [-0.39, 0.29) is 25.7 Å². The van der Waals surface area contributed by atoms with E-state index in [2.05, 4.69) is 34.6 Å². The second-order valence-electron chi connectivity index (χ2n) is 31.8. The van der Waals surface area contributed by atoms with Crippen molar-refractivity contribution in [1.82, 2.24) is 0 Å². The van der Waals surface area contributed by atoms with Crippen LogP contribution in [-0.4, -0.2) is 96.7 Å². The molecule has 5 atom stereocenters. The number of phosphoric acid groups is 2. The smallest absolute Gasteiger partial charge is 0.462 e. The number of hydrogen-bond acceptors (Lipinski definition) is 15. The van der Waals surface area contributed by atoms with E-state index in [1.54, 1.807) is 0 Å². The van der Waals surface area contributed by atoms with Gasteiger partial charge in [0.1, 0.15) is 19.3 Å². The number of unbranched alkanes of at least 4 members (excludes halogenated alkanes) is 59. The third kappa shape index (κ3) is 80.1. The normalized spacial score (nSPS) is 13.7. The molecule has 0 aromatic carbocycles. The summed E-state index contributed by atoms with van der Waals surface area (Å²) in [6, 6.07) is 0. The topological polar surface area (TPSA) is 237 Å². The standard InChI is InChI=1S/C87H170O17P2/c1-6-9-12-15-18-21-24-27-29-30-31-35-38-42-46-51-56-61-66-71-85(90)98-77-83(104-87(92)73-68-63-58-53-48-43-39-36-33-32-34-37-40-44-49-54-59-64-69-80(4)5)79-102-106(95,96)100-75-81(88)74-99-105(93,94)101-78-82(76-97-84(89)70-65-60-55-50-45-26-23-20-17-14-11-8-3)103-86(91)72-67-62-57-52-47-41-28-25-22-19-16-13-10-7-2/h80-83,88H,6-79H2,1-5H3,(H,93,94)(H,95,96)/t81-,82+,83+/m0/s1. The van der Waals surface area contributed by atoms with Crippen LogP contribution in [0.1, 0.15) is 471 Å². The number of esters is 4. The minimum absolute atomic E-state index is 0.109. The van der Waals surface area contributed by atoms with E-state index in [0.717, 1.165) is 95.8 Å². The first-order valence-corrected chi connectivity index (χ1v) is 48.1. The fraction of sp³-hybridized carbons (Fsp3) is 0.954. The molecule has 0 saturated heterocycles. The first kappa shape index (κ1) is 104. The van der Waals surface area contributed by atoms with Gasteiger partial charge in [0.15, 0.2) is 12.2 Å². The Labute approximate surface area is 651 Å². The molecule has 2 unspecified atom stereocenters. The molecule has 0 aliphatic carbocycles. The van der Waals surface area contributed by atoms with E-state index >= 15 is 0 Å². The average molecular weight is 1550 g/mol. The van der Waals surface area contributed by atoms with Crippen LogP contribution in [0.2, 0.25) is 0 Å². The second kappa shape index (κ2) is 79.7. The SMILES string of the molecule is CCCCCCCCCCCCCCCCCCCCCC(=O)OC[C@H](COP(=O)(O)OC[C@@H](O)COP(=O)(O)OC[C@@H](COC(=O)CCCCCCCCCCCCCC)OC(=O)CCCCCCCCCCCCCCCC)OC(=O)CCCCCCCCCCCCCCCCCCCCC(C)C. The van der Waals surface area contributed by atoms with Crippen molar-refractivity contribution >= 4 is 39.5 Å². The molecular formula is C87H170O17P2. The average Bonchev–Trinajstić information content (AvgIpc) is 0.903. The van der Waals surface area contributed by atoms with Crippen LogP contribution in [0.4, 0.5) is 0 Å². The van der Waals surface area contributed by atoms with Crippen molar-refractivity contribution < 1.29 is 80.2 Å². The second-order valence-corrected chi connectivity index (χ2v) is 34.7. The Kier molecular flexibility index (Phi) is 78.2. The Morgan fingerprint density at radius 3 is 0.642 bits per heavy atom. The van der Waals surface area contributed by atoms with E-state index in [4.69, 9.17) is 37.0 Å². The van der Waals surface area contributed by atoms with Gasteiger partial charge in [-0.25, -0.2) is 9.13 Å². The molecule has 0 saturated carbocycles. The number of hydrogen-bond donors (Lipinski definition) is 3. The van der Waals surface area contributed by atoms with Crippen LogP contribution >= 0.6 is 15.6 Å². The summed E-state index contributed by atoms with van der Waals surface area (Å²) in [5.74, 6) is -1.28. The highest BCUT2D eigenvalue weighted by Gasteiger charge is 2.30. The summed E-state index contributed by atoms with van der Waals surface area (Å²) >= 11 is 0. The van der Waals surface area contributed by atoms with Crippen molar-refractivity contribution in [2.24, 2.45) is 5.92 Å². The summed E-state index contributed by atoms with van der Waals surface area (Å²) in [5, 5.41) is 10.7. The highest BCUT2D eigenvalue weighted by Crippen LogP contribution is 2.45. The van der Waals surface area contributed by atoms with E-state index in [1.807, 2.05) is 0 Å². The van der Waals surface area contributed by atoms with Gasteiger partial charge in [-0.1, -0.05) is 420 Å². The predicted molar refractivity (Wildman–Crippen MR) is 437 cm³/mol. The Balaban J connectivity index is 5.24. The third-order valence-corrected chi connectivity index (χ3v) is 22.4. The van der Waals surface area contributed by atoms with Crippen LogP contribution in [0, 0.1) is 5.92 Å². The monoisotopic (exact) mass is 1550 g/mol. The van der Waals surface area contributed by atoms with Crippen molar-refractivity contribution in [3.05, 3.63) is 0 Å².